The van der Waals surface area contributed by atoms with Crippen molar-refractivity contribution >= 4 is 34.2 Å². The Kier molecular flexibility index (Phi) is 7.15. The molecule has 1 aliphatic rings. The minimum atomic E-state index is -0.563. The first kappa shape index (κ1) is 23.0. The van der Waals surface area contributed by atoms with Crippen molar-refractivity contribution in [2.45, 2.75) is 58.8 Å². The van der Waals surface area contributed by atoms with E-state index in [9.17, 15) is 14.4 Å². The average molecular weight is 444 g/mol. The van der Waals surface area contributed by atoms with Crippen LogP contribution in [0.2, 0.25) is 0 Å². The number of hydrogen-bond acceptors (Lipinski definition) is 6. The van der Waals surface area contributed by atoms with Crippen LogP contribution >= 0.6 is 11.3 Å². The summed E-state index contributed by atoms with van der Waals surface area (Å²) in [5, 5.41) is 3.22. The molecule has 2 aromatic rings. The summed E-state index contributed by atoms with van der Waals surface area (Å²) >= 11 is 1.41. The second-order valence-electron chi connectivity index (χ2n) is 8.59. The van der Waals surface area contributed by atoms with Gasteiger partial charge in [0, 0.05) is 4.88 Å². The molecule has 0 atom stereocenters. The third kappa shape index (κ3) is 5.53. The smallest absolute Gasteiger partial charge is 0.341 e. The molecule has 1 aliphatic carbocycles. The number of fused-ring (bicyclic) bond motifs is 1. The number of amides is 1. The van der Waals surface area contributed by atoms with Crippen LogP contribution in [0.1, 0.15) is 77.3 Å². The highest BCUT2D eigenvalue weighted by molar-refractivity contribution is 7.17. The van der Waals surface area contributed by atoms with Gasteiger partial charge >= 0.3 is 11.9 Å². The van der Waals surface area contributed by atoms with Crippen LogP contribution in [0.5, 0.6) is 0 Å². The van der Waals surface area contributed by atoms with E-state index in [1.54, 1.807) is 19.1 Å². The number of anilines is 1. The van der Waals surface area contributed by atoms with Crippen molar-refractivity contribution in [2.75, 3.05) is 18.5 Å². The van der Waals surface area contributed by atoms with Crippen LogP contribution in [0.3, 0.4) is 0 Å². The molecule has 0 saturated heterocycles. The Morgan fingerprint density at radius 1 is 1.00 bits per heavy atom. The molecule has 7 heteroatoms. The van der Waals surface area contributed by atoms with Gasteiger partial charge in [-0.2, -0.15) is 0 Å². The van der Waals surface area contributed by atoms with Gasteiger partial charge in [-0.1, -0.05) is 32.9 Å². The fourth-order valence-electron chi connectivity index (χ4n) is 3.56. The molecule has 31 heavy (non-hydrogen) atoms. The number of carbonyl (C=O) groups excluding carboxylic acids is 3. The number of nitrogens with one attached hydrogen (secondary N) is 1. The Morgan fingerprint density at radius 3 is 2.32 bits per heavy atom. The molecule has 0 saturated carbocycles. The van der Waals surface area contributed by atoms with Crippen molar-refractivity contribution < 1.29 is 23.9 Å². The fraction of sp³-hybridized carbons (Fsp3) is 0.458. The van der Waals surface area contributed by atoms with Crippen LogP contribution in [0.25, 0.3) is 0 Å². The zero-order valence-corrected chi connectivity index (χ0v) is 19.3. The van der Waals surface area contributed by atoms with Gasteiger partial charge in [0.15, 0.2) is 6.61 Å². The van der Waals surface area contributed by atoms with Crippen molar-refractivity contribution in [2.24, 2.45) is 0 Å². The molecule has 0 fully saturated rings. The third-order valence-corrected chi connectivity index (χ3v) is 6.43. The second-order valence-corrected chi connectivity index (χ2v) is 9.69. The predicted octanol–water partition coefficient (Wildman–Crippen LogP) is 4.90. The first-order chi connectivity index (χ1) is 14.7. The van der Waals surface area contributed by atoms with Gasteiger partial charge in [-0.15, -0.1) is 11.3 Å². The molecule has 6 nitrogen and oxygen atoms in total. The summed E-state index contributed by atoms with van der Waals surface area (Å²) in [6, 6.07) is 7.18. The first-order valence-corrected chi connectivity index (χ1v) is 11.4. The number of carbonyl (C=O) groups is 3. The predicted molar refractivity (Wildman–Crippen MR) is 121 cm³/mol. The van der Waals surface area contributed by atoms with Crippen LogP contribution in [-0.2, 0) is 32.5 Å². The van der Waals surface area contributed by atoms with E-state index in [-0.39, 0.29) is 12.0 Å². The SMILES string of the molecule is CCOC(=O)c1c(NC(=O)COC(=O)c2ccc(C(C)(C)C)cc2)sc2c1CCCC2. The van der Waals surface area contributed by atoms with Crippen molar-refractivity contribution in [1.29, 1.82) is 0 Å². The molecule has 1 N–H and O–H groups in total. The molecule has 1 amide bonds. The quantitative estimate of drug-likeness (QED) is 0.643. The number of rotatable bonds is 6. The lowest BCUT2D eigenvalue weighted by Crippen LogP contribution is -2.22. The Morgan fingerprint density at radius 2 is 1.68 bits per heavy atom. The van der Waals surface area contributed by atoms with Gasteiger partial charge in [0.25, 0.3) is 5.91 Å². The van der Waals surface area contributed by atoms with Crippen LogP contribution in [0.15, 0.2) is 24.3 Å². The zero-order chi connectivity index (χ0) is 22.6. The molecule has 0 bridgehead atoms. The van der Waals surface area contributed by atoms with Gasteiger partial charge in [0.05, 0.1) is 17.7 Å². The Bertz CT molecular complexity index is 969. The van der Waals surface area contributed by atoms with Crippen LogP contribution in [0, 0.1) is 0 Å². The minimum absolute atomic E-state index is 0.0151. The van der Waals surface area contributed by atoms with Gasteiger partial charge in [-0.25, -0.2) is 9.59 Å². The number of ether oxygens (including phenoxy) is 2. The lowest BCUT2D eigenvalue weighted by molar-refractivity contribution is -0.119. The lowest BCUT2D eigenvalue weighted by atomic mass is 9.87. The Hall–Kier alpha value is -2.67. The summed E-state index contributed by atoms with van der Waals surface area (Å²) in [5.74, 6) is -1.47. The van der Waals surface area contributed by atoms with Crippen LogP contribution in [0.4, 0.5) is 5.00 Å². The topological polar surface area (TPSA) is 81.7 Å². The largest absolute Gasteiger partial charge is 0.462 e. The number of thiophene rings is 1. The van der Waals surface area contributed by atoms with Crippen LogP contribution < -0.4 is 5.32 Å². The van der Waals surface area contributed by atoms with Crippen molar-refractivity contribution in [1.82, 2.24) is 0 Å². The molecule has 166 valence electrons. The zero-order valence-electron chi connectivity index (χ0n) is 18.5. The van der Waals surface area contributed by atoms with Gasteiger partial charge in [0.1, 0.15) is 5.00 Å². The first-order valence-electron chi connectivity index (χ1n) is 10.6. The highest BCUT2D eigenvalue weighted by atomic mass is 32.1. The number of benzene rings is 1. The molecule has 0 aliphatic heterocycles. The second kappa shape index (κ2) is 9.64. The summed E-state index contributed by atoms with van der Waals surface area (Å²) in [4.78, 5) is 38.3. The van der Waals surface area contributed by atoms with E-state index in [1.807, 2.05) is 12.1 Å². The van der Waals surface area contributed by atoms with E-state index in [4.69, 9.17) is 9.47 Å². The molecular formula is C24H29NO5S. The van der Waals surface area contributed by atoms with E-state index in [2.05, 4.69) is 26.1 Å². The summed E-state index contributed by atoms with van der Waals surface area (Å²) in [5.41, 5.74) is 2.90. The minimum Gasteiger partial charge on any atom is -0.462 e. The van der Waals surface area contributed by atoms with E-state index >= 15 is 0 Å². The molecule has 0 spiro atoms. The highest BCUT2D eigenvalue weighted by Crippen LogP contribution is 2.38. The van der Waals surface area contributed by atoms with Crippen molar-refractivity contribution in [3.05, 3.63) is 51.4 Å². The summed E-state index contributed by atoms with van der Waals surface area (Å²) in [6.45, 7) is 7.88. The maximum absolute atomic E-state index is 12.5. The van der Waals surface area contributed by atoms with Gasteiger partial charge < -0.3 is 14.8 Å². The number of hydrogen-bond donors (Lipinski definition) is 1. The third-order valence-electron chi connectivity index (χ3n) is 5.22. The standard InChI is InChI=1S/C24H29NO5S/c1-5-29-23(28)20-17-8-6-7-9-18(17)31-21(20)25-19(26)14-30-22(27)15-10-12-16(13-11-15)24(2,3)4/h10-13H,5-9,14H2,1-4H3,(H,25,26). The fourth-order valence-corrected chi connectivity index (χ4v) is 4.85. The monoisotopic (exact) mass is 443 g/mol. The van der Waals surface area contributed by atoms with E-state index in [0.717, 1.165) is 41.7 Å². The summed E-state index contributed by atoms with van der Waals surface area (Å²) in [6.07, 6.45) is 3.77. The Balaban J connectivity index is 1.65. The van der Waals surface area contributed by atoms with Crippen LogP contribution in [-0.4, -0.2) is 31.1 Å². The van der Waals surface area contributed by atoms with Crippen molar-refractivity contribution in [3.8, 4) is 0 Å². The van der Waals surface area contributed by atoms with Gasteiger partial charge in [0.2, 0.25) is 0 Å². The molecule has 1 aromatic carbocycles. The van der Waals surface area contributed by atoms with E-state index < -0.39 is 24.5 Å². The molecular weight excluding hydrogens is 414 g/mol. The average Bonchev–Trinajstić information content (AvgIpc) is 3.09. The van der Waals surface area contributed by atoms with E-state index in [1.165, 1.54) is 11.3 Å². The maximum Gasteiger partial charge on any atom is 0.341 e. The van der Waals surface area contributed by atoms with Crippen molar-refractivity contribution in [3.63, 3.8) is 0 Å². The normalized spacial score (nSPS) is 13.3. The summed E-state index contributed by atoms with van der Waals surface area (Å²) in [7, 11) is 0. The maximum atomic E-state index is 12.5. The molecule has 0 unspecified atom stereocenters. The van der Waals surface area contributed by atoms with E-state index in [0.29, 0.717) is 16.1 Å². The lowest BCUT2D eigenvalue weighted by Gasteiger charge is -2.18. The highest BCUT2D eigenvalue weighted by Gasteiger charge is 2.27. The number of esters is 2. The molecule has 1 heterocycles. The Labute approximate surface area is 186 Å². The summed E-state index contributed by atoms with van der Waals surface area (Å²) < 4.78 is 10.4. The van der Waals surface area contributed by atoms with Gasteiger partial charge in [-0.3, -0.25) is 4.79 Å². The molecule has 0 radical (unpaired) electrons. The molecule has 1 aromatic heterocycles. The van der Waals surface area contributed by atoms with Gasteiger partial charge in [-0.05, 0) is 61.3 Å². The molecule has 3 rings (SSSR count). The number of aryl methyl sites for hydroxylation is 1.